The zero-order valence-corrected chi connectivity index (χ0v) is 11.7. The summed E-state index contributed by atoms with van der Waals surface area (Å²) < 4.78 is 0. The van der Waals surface area contributed by atoms with Crippen LogP contribution in [0.25, 0.3) is 0 Å². The number of hydrogen-bond donors (Lipinski definition) is 1. The van der Waals surface area contributed by atoms with Gasteiger partial charge in [-0.1, -0.05) is 38.3 Å². The molecule has 1 aliphatic carbocycles. The number of carbonyl (C=O) groups excluding carboxylic acids is 1. The van der Waals surface area contributed by atoms with Crippen molar-refractivity contribution in [2.45, 2.75) is 45.4 Å². The number of nitrogens with one attached hydrogen (secondary N) is 1. The van der Waals surface area contributed by atoms with E-state index in [0.29, 0.717) is 5.78 Å². The van der Waals surface area contributed by atoms with E-state index >= 15 is 0 Å². The number of fused-ring (bicyclic) bond motifs is 1. The number of ketones is 1. The van der Waals surface area contributed by atoms with E-state index in [4.69, 9.17) is 0 Å². The fourth-order valence-electron chi connectivity index (χ4n) is 3.58. The lowest BCUT2D eigenvalue weighted by Gasteiger charge is -2.27. The Bertz CT molecular complexity index is 480. The lowest BCUT2D eigenvalue weighted by atomic mass is 9.77. The molecule has 2 heteroatoms. The number of benzene rings is 1. The maximum absolute atomic E-state index is 12.6. The van der Waals surface area contributed by atoms with Gasteiger partial charge in [0, 0.05) is 23.7 Å². The summed E-state index contributed by atoms with van der Waals surface area (Å²) in [5.74, 6) is 1.39. The van der Waals surface area contributed by atoms with Crippen LogP contribution >= 0.6 is 0 Å². The summed E-state index contributed by atoms with van der Waals surface area (Å²) in [7, 11) is 0. The van der Waals surface area contributed by atoms with Crippen LogP contribution in [0.5, 0.6) is 0 Å². The average molecular weight is 257 g/mol. The van der Waals surface area contributed by atoms with E-state index in [0.717, 1.165) is 37.3 Å². The molecule has 1 aromatic carbocycles. The molecule has 0 bridgehead atoms. The highest BCUT2D eigenvalue weighted by Crippen LogP contribution is 2.34. The van der Waals surface area contributed by atoms with Crippen molar-refractivity contribution in [3.63, 3.8) is 0 Å². The summed E-state index contributed by atoms with van der Waals surface area (Å²) in [5, 5.41) is 3.37. The quantitative estimate of drug-likeness (QED) is 0.828. The third-order valence-electron chi connectivity index (χ3n) is 4.84. The fourth-order valence-corrected chi connectivity index (χ4v) is 3.58. The fraction of sp³-hybridized carbons (Fsp3) is 0.588. The molecule has 3 rings (SSSR count). The Morgan fingerprint density at radius 1 is 1.37 bits per heavy atom. The third kappa shape index (κ3) is 2.54. The van der Waals surface area contributed by atoms with Crippen LogP contribution in [0.15, 0.2) is 18.2 Å². The van der Waals surface area contributed by atoms with Gasteiger partial charge in [0.15, 0.2) is 5.78 Å². The smallest absolute Gasteiger partial charge is 0.166 e. The number of hydrogen-bond acceptors (Lipinski definition) is 2. The molecule has 0 amide bonds. The molecular formula is C17H23NO. The number of anilines is 1. The van der Waals surface area contributed by atoms with Crippen LogP contribution in [0.4, 0.5) is 5.69 Å². The number of rotatable bonds is 3. The van der Waals surface area contributed by atoms with E-state index in [1.807, 2.05) is 6.07 Å². The molecule has 19 heavy (non-hydrogen) atoms. The highest BCUT2D eigenvalue weighted by molar-refractivity contribution is 5.99. The maximum atomic E-state index is 12.6. The van der Waals surface area contributed by atoms with Crippen molar-refractivity contribution < 1.29 is 4.79 Å². The minimum Gasteiger partial charge on any atom is -0.384 e. The average Bonchev–Trinajstić information content (AvgIpc) is 2.94. The molecule has 2 unspecified atom stereocenters. The summed E-state index contributed by atoms with van der Waals surface area (Å²) >= 11 is 0. The first kappa shape index (κ1) is 12.7. The molecule has 1 saturated carbocycles. The second kappa shape index (κ2) is 5.36. The van der Waals surface area contributed by atoms with Gasteiger partial charge in [-0.25, -0.2) is 0 Å². The van der Waals surface area contributed by atoms with Crippen LogP contribution in [0.2, 0.25) is 0 Å². The van der Waals surface area contributed by atoms with E-state index in [-0.39, 0.29) is 5.92 Å². The topological polar surface area (TPSA) is 29.1 Å². The van der Waals surface area contributed by atoms with Crippen LogP contribution in [0.1, 0.15) is 54.9 Å². The first-order valence-corrected chi connectivity index (χ1v) is 7.69. The van der Waals surface area contributed by atoms with Gasteiger partial charge in [0.05, 0.1) is 0 Å². The Balaban J connectivity index is 1.76. The third-order valence-corrected chi connectivity index (χ3v) is 4.84. The van der Waals surface area contributed by atoms with Crippen LogP contribution in [0.3, 0.4) is 0 Å². The largest absolute Gasteiger partial charge is 0.384 e. The summed E-state index contributed by atoms with van der Waals surface area (Å²) in [6.07, 6.45) is 7.02. The number of carbonyl (C=O) groups is 1. The van der Waals surface area contributed by atoms with E-state index in [1.54, 1.807) is 0 Å². The standard InChI is InChI=1S/C17H23NO/c1-2-12-4-3-5-14(10-12)17(19)15-7-6-13-8-9-18-16(13)11-15/h6-7,11-12,14,18H,2-5,8-10H2,1H3. The highest BCUT2D eigenvalue weighted by Gasteiger charge is 2.27. The minimum atomic E-state index is 0.262. The Morgan fingerprint density at radius 2 is 2.26 bits per heavy atom. The summed E-state index contributed by atoms with van der Waals surface area (Å²) in [5.41, 5.74) is 3.44. The molecule has 0 radical (unpaired) electrons. The molecule has 0 saturated heterocycles. The molecule has 1 aliphatic heterocycles. The van der Waals surface area contributed by atoms with E-state index in [1.165, 1.54) is 30.5 Å². The van der Waals surface area contributed by atoms with Crippen LogP contribution in [-0.4, -0.2) is 12.3 Å². The molecule has 0 spiro atoms. The van der Waals surface area contributed by atoms with Crippen molar-refractivity contribution in [1.29, 1.82) is 0 Å². The molecule has 1 fully saturated rings. The van der Waals surface area contributed by atoms with E-state index in [9.17, 15) is 4.79 Å². The van der Waals surface area contributed by atoms with Gasteiger partial charge in [0.25, 0.3) is 0 Å². The van der Waals surface area contributed by atoms with Gasteiger partial charge in [-0.3, -0.25) is 4.79 Å². The predicted molar refractivity (Wildman–Crippen MR) is 78.7 cm³/mol. The lowest BCUT2D eigenvalue weighted by Crippen LogP contribution is -2.22. The van der Waals surface area contributed by atoms with Crippen molar-refractivity contribution >= 4 is 11.5 Å². The Morgan fingerprint density at radius 3 is 3.11 bits per heavy atom. The first-order chi connectivity index (χ1) is 9.28. The molecule has 2 atom stereocenters. The SMILES string of the molecule is CCC1CCCC(C(=O)c2ccc3c(c2)NCC3)C1. The molecule has 1 heterocycles. The molecule has 0 aromatic heterocycles. The van der Waals surface area contributed by atoms with Crippen molar-refractivity contribution in [2.75, 3.05) is 11.9 Å². The highest BCUT2D eigenvalue weighted by atomic mass is 16.1. The second-order valence-corrected chi connectivity index (χ2v) is 6.05. The van der Waals surface area contributed by atoms with Gasteiger partial charge in [-0.15, -0.1) is 0 Å². The Hall–Kier alpha value is -1.31. The summed E-state index contributed by atoms with van der Waals surface area (Å²) in [6.45, 7) is 3.26. The normalized spacial score (nSPS) is 25.7. The monoisotopic (exact) mass is 257 g/mol. The van der Waals surface area contributed by atoms with Gasteiger partial charge < -0.3 is 5.32 Å². The van der Waals surface area contributed by atoms with E-state index in [2.05, 4.69) is 24.4 Å². The zero-order valence-electron chi connectivity index (χ0n) is 11.7. The van der Waals surface area contributed by atoms with Gasteiger partial charge in [0.1, 0.15) is 0 Å². The Labute approximate surface area is 115 Å². The summed E-state index contributed by atoms with van der Waals surface area (Å²) in [6, 6.07) is 6.23. The van der Waals surface area contributed by atoms with Crippen LogP contribution < -0.4 is 5.32 Å². The van der Waals surface area contributed by atoms with Gasteiger partial charge in [0.2, 0.25) is 0 Å². The maximum Gasteiger partial charge on any atom is 0.166 e. The molecule has 1 N–H and O–H groups in total. The van der Waals surface area contributed by atoms with Gasteiger partial charge >= 0.3 is 0 Å². The molecular weight excluding hydrogens is 234 g/mol. The number of Topliss-reactive ketones (excluding diaryl/α,β-unsaturated/α-hetero) is 1. The molecule has 2 nitrogen and oxygen atoms in total. The predicted octanol–water partition coefficient (Wildman–Crippen LogP) is 4.05. The minimum absolute atomic E-state index is 0.262. The first-order valence-electron chi connectivity index (χ1n) is 7.69. The van der Waals surface area contributed by atoms with E-state index < -0.39 is 0 Å². The Kier molecular flexibility index (Phi) is 3.58. The zero-order chi connectivity index (χ0) is 13.2. The lowest BCUT2D eigenvalue weighted by molar-refractivity contribution is 0.0862. The van der Waals surface area contributed by atoms with Crippen molar-refractivity contribution in [3.8, 4) is 0 Å². The molecule has 102 valence electrons. The van der Waals surface area contributed by atoms with Gasteiger partial charge in [-0.05, 0) is 36.8 Å². The van der Waals surface area contributed by atoms with Crippen LogP contribution in [0, 0.1) is 11.8 Å². The molecule has 1 aromatic rings. The van der Waals surface area contributed by atoms with Gasteiger partial charge in [-0.2, -0.15) is 0 Å². The van der Waals surface area contributed by atoms with Crippen molar-refractivity contribution in [3.05, 3.63) is 29.3 Å². The second-order valence-electron chi connectivity index (χ2n) is 6.05. The van der Waals surface area contributed by atoms with Crippen LogP contribution in [-0.2, 0) is 6.42 Å². The molecule has 2 aliphatic rings. The van der Waals surface area contributed by atoms with Crippen molar-refractivity contribution in [1.82, 2.24) is 0 Å². The summed E-state index contributed by atoms with van der Waals surface area (Å²) in [4.78, 5) is 12.6. The van der Waals surface area contributed by atoms with Crippen molar-refractivity contribution in [2.24, 2.45) is 11.8 Å².